The molecule has 0 amide bonds. The van der Waals surface area contributed by atoms with Crippen molar-refractivity contribution in [3.8, 4) is 0 Å². The lowest BCUT2D eigenvalue weighted by atomic mass is 10.3. The highest BCUT2D eigenvalue weighted by atomic mass is 32.1. The van der Waals surface area contributed by atoms with Crippen LogP contribution in [0.3, 0.4) is 0 Å². The number of aromatic nitrogens is 1. The maximum atomic E-state index is 13.3. The second kappa shape index (κ2) is 4.12. The highest BCUT2D eigenvalue weighted by Gasteiger charge is 2.09. The third-order valence-corrected chi connectivity index (χ3v) is 3.17. The molecular formula is C10H10FNO2S. The van der Waals surface area contributed by atoms with E-state index in [0.717, 1.165) is 11.3 Å². The van der Waals surface area contributed by atoms with Crippen LogP contribution in [0.2, 0.25) is 0 Å². The molecule has 0 atom stereocenters. The van der Waals surface area contributed by atoms with E-state index in [2.05, 4.69) is 0 Å². The minimum atomic E-state index is -0.342. The Kier molecular flexibility index (Phi) is 2.83. The predicted molar refractivity (Wildman–Crippen MR) is 57.9 cm³/mol. The van der Waals surface area contributed by atoms with Gasteiger partial charge in [0, 0.05) is 7.11 Å². The van der Waals surface area contributed by atoms with E-state index in [9.17, 15) is 9.18 Å². The quantitative estimate of drug-likeness (QED) is 0.801. The zero-order valence-electron chi connectivity index (χ0n) is 8.20. The van der Waals surface area contributed by atoms with Gasteiger partial charge in [0.1, 0.15) is 5.82 Å². The first-order chi connectivity index (χ1) is 7.24. The molecule has 0 radical (unpaired) electrons. The first-order valence-corrected chi connectivity index (χ1v) is 5.32. The summed E-state index contributed by atoms with van der Waals surface area (Å²) in [5.74, 6) is -0.342. The van der Waals surface area contributed by atoms with E-state index in [4.69, 9.17) is 4.74 Å². The van der Waals surface area contributed by atoms with Gasteiger partial charge in [0.2, 0.25) is 0 Å². The van der Waals surface area contributed by atoms with E-state index >= 15 is 0 Å². The number of hydrogen-bond donors (Lipinski definition) is 0. The number of benzene rings is 1. The van der Waals surface area contributed by atoms with E-state index in [0.29, 0.717) is 23.4 Å². The zero-order chi connectivity index (χ0) is 10.8. The number of ether oxygens (including phenoxy) is 1. The molecule has 0 aliphatic rings. The van der Waals surface area contributed by atoms with Crippen LogP contribution in [0.25, 0.3) is 10.2 Å². The number of hydrogen-bond acceptors (Lipinski definition) is 3. The van der Waals surface area contributed by atoms with Crippen molar-refractivity contribution in [3.63, 3.8) is 0 Å². The molecule has 3 nitrogen and oxygen atoms in total. The number of fused-ring (bicyclic) bond motifs is 1. The van der Waals surface area contributed by atoms with Crippen molar-refractivity contribution >= 4 is 21.6 Å². The molecule has 80 valence electrons. The average Bonchev–Trinajstić information content (AvgIpc) is 2.54. The maximum absolute atomic E-state index is 13.3. The minimum Gasteiger partial charge on any atom is -0.383 e. The monoisotopic (exact) mass is 227 g/mol. The second-order valence-electron chi connectivity index (χ2n) is 3.10. The largest absolute Gasteiger partial charge is 0.383 e. The SMILES string of the molecule is COCCn1c(=O)sc2c(F)cccc21. The van der Waals surface area contributed by atoms with Crippen molar-refractivity contribution in [2.24, 2.45) is 0 Å². The fourth-order valence-corrected chi connectivity index (χ4v) is 2.37. The third kappa shape index (κ3) is 1.80. The molecule has 15 heavy (non-hydrogen) atoms. The molecule has 1 aromatic carbocycles. The molecule has 0 aliphatic heterocycles. The normalized spacial score (nSPS) is 11.1. The van der Waals surface area contributed by atoms with Crippen LogP contribution in [0.1, 0.15) is 0 Å². The standard InChI is InChI=1S/C10H10FNO2S/c1-14-6-5-12-8-4-2-3-7(11)9(8)15-10(12)13/h2-4H,5-6H2,1H3. The van der Waals surface area contributed by atoms with Gasteiger partial charge in [-0.1, -0.05) is 17.4 Å². The molecule has 0 N–H and O–H groups in total. The summed E-state index contributed by atoms with van der Waals surface area (Å²) in [6.45, 7) is 0.904. The second-order valence-corrected chi connectivity index (χ2v) is 4.06. The highest BCUT2D eigenvalue weighted by Crippen LogP contribution is 2.20. The molecule has 0 spiro atoms. The van der Waals surface area contributed by atoms with Crippen molar-refractivity contribution in [3.05, 3.63) is 33.7 Å². The van der Waals surface area contributed by atoms with Gasteiger partial charge in [-0.2, -0.15) is 0 Å². The molecule has 2 rings (SSSR count). The van der Waals surface area contributed by atoms with Crippen LogP contribution in [0.4, 0.5) is 4.39 Å². The smallest absolute Gasteiger partial charge is 0.308 e. The van der Waals surface area contributed by atoms with E-state index in [1.807, 2.05) is 0 Å². The van der Waals surface area contributed by atoms with E-state index in [1.165, 1.54) is 10.6 Å². The van der Waals surface area contributed by atoms with Gasteiger partial charge in [-0.15, -0.1) is 0 Å². The van der Waals surface area contributed by atoms with Crippen molar-refractivity contribution in [2.75, 3.05) is 13.7 Å². The van der Waals surface area contributed by atoms with E-state index in [-0.39, 0.29) is 10.7 Å². The van der Waals surface area contributed by atoms with Gasteiger partial charge in [0.25, 0.3) is 0 Å². The molecular weight excluding hydrogens is 217 g/mol. The topological polar surface area (TPSA) is 31.2 Å². The van der Waals surface area contributed by atoms with Crippen LogP contribution in [-0.2, 0) is 11.3 Å². The number of thiazole rings is 1. The average molecular weight is 227 g/mol. The van der Waals surface area contributed by atoms with Gasteiger partial charge in [0.05, 0.1) is 23.4 Å². The fourth-order valence-electron chi connectivity index (χ4n) is 1.45. The number of rotatable bonds is 3. The van der Waals surface area contributed by atoms with Crippen molar-refractivity contribution in [1.82, 2.24) is 4.57 Å². The lowest BCUT2D eigenvalue weighted by Crippen LogP contribution is -2.15. The summed E-state index contributed by atoms with van der Waals surface area (Å²) in [5, 5.41) is 0. The Morgan fingerprint density at radius 3 is 3.07 bits per heavy atom. The molecule has 2 aromatic rings. The van der Waals surface area contributed by atoms with Crippen LogP contribution in [-0.4, -0.2) is 18.3 Å². The molecule has 1 heterocycles. The summed E-state index contributed by atoms with van der Waals surface area (Å²) < 4.78 is 20.2. The summed E-state index contributed by atoms with van der Waals surface area (Å²) in [6.07, 6.45) is 0. The first-order valence-electron chi connectivity index (χ1n) is 4.51. The van der Waals surface area contributed by atoms with E-state index in [1.54, 1.807) is 19.2 Å². The summed E-state index contributed by atoms with van der Waals surface area (Å²) in [7, 11) is 1.57. The summed E-state index contributed by atoms with van der Waals surface area (Å²) in [5.41, 5.74) is 0.641. The number of nitrogens with zero attached hydrogens (tertiary/aromatic N) is 1. The Labute approximate surface area is 89.7 Å². The van der Waals surface area contributed by atoms with Gasteiger partial charge in [-0.25, -0.2) is 4.39 Å². The maximum Gasteiger partial charge on any atom is 0.308 e. The fraction of sp³-hybridized carbons (Fsp3) is 0.300. The molecule has 0 saturated carbocycles. The third-order valence-electron chi connectivity index (χ3n) is 2.17. The van der Waals surface area contributed by atoms with Crippen molar-refractivity contribution < 1.29 is 9.13 Å². The lowest BCUT2D eigenvalue weighted by molar-refractivity contribution is 0.188. The number of halogens is 1. The van der Waals surface area contributed by atoms with Gasteiger partial charge in [-0.3, -0.25) is 9.36 Å². The van der Waals surface area contributed by atoms with Crippen LogP contribution >= 0.6 is 11.3 Å². The van der Waals surface area contributed by atoms with Gasteiger partial charge >= 0.3 is 4.87 Å². The number of methoxy groups -OCH3 is 1. The molecule has 0 bridgehead atoms. The Hall–Kier alpha value is -1.20. The Morgan fingerprint density at radius 2 is 2.33 bits per heavy atom. The first kappa shape index (κ1) is 10.3. The predicted octanol–water partition coefficient (Wildman–Crippen LogP) is 1.85. The summed E-state index contributed by atoms with van der Waals surface area (Å²) >= 11 is 0.933. The van der Waals surface area contributed by atoms with Crippen LogP contribution in [0.5, 0.6) is 0 Å². The van der Waals surface area contributed by atoms with Crippen LogP contribution < -0.4 is 4.87 Å². The van der Waals surface area contributed by atoms with Gasteiger partial charge in [-0.05, 0) is 12.1 Å². The highest BCUT2D eigenvalue weighted by molar-refractivity contribution is 7.16. The van der Waals surface area contributed by atoms with Gasteiger partial charge in [0.15, 0.2) is 0 Å². The van der Waals surface area contributed by atoms with E-state index < -0.39 is 0 Å². The molecule has 5 heteroatoms. The van der Waals surface area contributed by atoms with Crippen LogP contribution in [0, 0.1) is 5.82 Å². The van der Waals surface area contributed by atoms with Crippen LogP contribution in [0.15, 0.2) is 23.0 Å². The Morgan fingerprint density at radius 1 is 1.53 bits per heavy atom. The summed E-state index contributed by atoms with van der Waals surface area (Å²) in [4.78, 5) is 11.4. The Bertz CT molecular complexity index is 532. The Balaban J connectivity index is 2.58. The zero-order valence-corrected chi connectivity index (χ0v) is 9.01. The summed E-state index contributed by atoms with van der Waals surface area (Å²) in [6, 6.07) is 4.71. The molecule has 0 unspecified atom stereocenters. The molecule has 0 aliphatic carbocycles. The molecule has 0 saturated heterocycles. The minimum absolute atomic E-state index is 0.146. The van der Waals surface area contributed by atoms with Crippen molar-refractivity contribution in [1.29, 1.82) is 0 Å². The molecule has 1 aromatic heterocycles. The molecule has 0 fully saturated rings. The lowest BCUT2D eigenvalue weighted by Gasteiger charge is -2.01. The van der Waals surface area contributed by atoms with Gasteiger partial charge < -0.3 is 4.74 Å². The van der Waals surface area contributed by atoms with Crippen molar-refractivity contribution in [2.45, 2.75) is 6.54 Å².